The molecule has 1 aromatic carbocycles. The van der Waals surface area contributed by atoms with E-state index in [0.29, 0.717) is 0 Å². The average molecular weight is 278 g/mol. The van der Waals surface area contributed by atoms with Crippen LogP contribution in [0.4, 0.5) is 0 Å². The van der Waals surface area contributed by atoms with Crippen LogP contribution in [0.2, 0.25) is 0 Å². The first-order valence-electron chi connectivity index (χ1n) is 5.58. The SMILES string of the molecule is C=C(C)C(=O)Oc1cc(C(=O)OC)cc(C(=O)OC)c1. The molecule has 6 nitrogen and oxygen atoms in total. The van der Waals surface area contributed by atoms with E-state index in [0.717, 1.165) is 0 Å². The van der Waals surface area contributed by atoms with Crippen molar-refractivity contribution in [2.45, 2.75) is 6.92 Å². The van der Waals surface area contributed by atoms with Gasteiger partial charge in [-0.25, -0.2) is 14.4 Å². The van der Waals surface area contributed by atoms with Crippen molar-refractivity contribution in [1.82, 2.24) is 0 Å². The molecule has 0 heterocycles. The van der Waals surface area contributed by atoms with Gasteiger partial charge in [0.2, 0.25) is 0 Å². The summed E-state index contributed by atoms with van der Waals surface area (Å²) in [4.78, 5) is 34.5. The van der Waals surface area contributed by atoms with Gasteiger partial charge in [-0.1, -0.05) is 6.58 Å². The second kappa shape index (κ2) is 6.51. The molecule has 0 saturated carbocycles. The number of methoxy groups -OCH3 is 2. The number of esters is 3. The van der Waals surface area contributed by atoms with Gasteiger partial charge in [0.15, 0.2) is 0 Å². The minimum Gasteiger partial charge on any atom is -0.465 e. The van der Waals surface area contributed by atoms with Crippen LogP contribution in [0.5, 0.6) is 5.75 Å². The van der Waals surface area contributed by atoms with Crippen molar-refractivity contribution in [2.24, 2.45) is 0 Å². The fourth-order valence-corrected chi connectivity index (χ4v) is 1.32. The van der Waals surface area contributed by atoms with Crippen LogP contribution in [0.15, 0.2) is 30.4 Å². The predicted octanol–water partition coefficient (Wildman–Crippen LogP) is 1.74. The molecule has 0 fully saturated rings. The maximum atomic E-state index is 11.5. The Morgan fingerprint density at radius 1 is 0.950 bits per heavy atom. The van der Waals surface area contributed by atoms with Gasteiger partial charge in [-0.2, -0.15) is 0 Å². The Morgan fingerprint density at radius 3 is 1.75 bits per heavy atom. The minimum atomic E-state index is -0.664. The van der Waals surface area contributed by atoms with Crippen LogP contribution in [0, 0.1) is 0 Å². The summed E-state index contributed by atoms with van der Waals surface area (Å²) in [6, 6.07) is 3.87. The number of carbonyl (C=O) groups excluding carboxylic acids is 3. The van der Waals surface area contributed by atoms with Crippen molar-refractivity contribution < 1.29 is 28.6 Å². The van der Waals surface area contributed by atoms with Gasteiger partial charge in [-0.3, -0.25) is 0 Å². The summed E-state index contributed by atoms with van der Waals surface area (Å²) in [5, 5.41) is 0. The highest BCUT2D eigenvalue weighted by Crippen LogP contribution is 2.20. The standard InChI is InChI=1S/C14H14O6/c1-8(2)12(15)20-11-6-9(13(16)18-3)5-10(7-11)14(17)19-4/h5-7H,1H2,2-4H3. The Bertz CT molecular complexity index is 539. The van der Waals surface area contributed by atoms with Gasteiger partial charge in [0.1, 0.15) is 5.75 Å². The molecule has 0 radical (unpaired) electrons. The van der Waals surface area contributed by atoms with Crippen LogP contribution in [0.1, 0.15) is 27.6 Å². The Morgan fingerprint density at radius 2 is 1.40 bits per heavy atom. The summed E-state index contributed by atoms with van der Waals surface area (Å²) in [5.74, 6) is -1.96. The molecule has 0 aliphatic carbocycles. The molecule has 0 spiro atoms. The van der Waals surface area contributed by atoms with E-state index < -0.39 is 17.9 Å². The van der Waals surface area contributed by atoms with E-state index in [9.17, 15) is 14.4 Å². The molecule has 0 N–H and O–H groups in total. The van der Waals surface area contributed by atoms with Gasteiger partial charge >= 0.3 is 17.9 Å². The van der Waals surface area contributed by atoms with E-state index in [-0.39, 0.29) is 22.4 Å². The molecule has 20 heavy (non-hydrogen) atoms. The van der Waals surface area contributed by atoms with E-state index in [4.69, 9.17) is 4.74 Å². The Balaban J connectivity index is 3.22. The molecule has 1 aromatic rings. The smallest absolute Gasteiger partial charge is 0.338 e. The van der Waals surface area contributed by atoms with Crippen LogP contribution in [0.3, 0.4) is 0 Å². The summed E-state index contributed by atoms with van der Waals surface area (Å²) in [6.07, 6.45) is 0. The lowest BCUT2D eigenvalue weighted by molar-refractivity contribution is -0.130. The number of benzene rings is 1. The predicted molar refractivity (Wildman–Crippen MR) is 69.6 cm³/mol. The zero-order valence-corrected chi connectivity index (χ0v) is 11.4. The molecule has 0 saturated heterocycles. The van der Waals surface area contributed by atoms with Crippen LogP contribution < -0.4 is 4.74 Å². The summed E-state index contributed by atoms with van der Waals surface area (Å²) >= 11 is 0. The molecule has 0 unspecified atom stereocenters. The number of hydrogen-bond acceptors (Lipinski definition) is 6. The molecule has 0 aliphatic rings. The second-order valence-electron chi connectivity index (χ2n) is 3.90. The van der Waals surface area contributed by atoms with Gasteiger partial charge in [-0.05, 0) is 25.1 Å². The topological polar surface area (TPSA) is 78.9 Å². The summed E-state index contributed by atoms with van der Waals surface area (Å²) in [7, 11) is 2.40. The van der Waals surface area contributed by atoms with Crippen molar-refractivity contribution in [1.29, 1.82) is 0 Å². The van der Waals surface area contributed by atoms with Crippen molar-refractivity contribution in [3.63, 3.8) is 0 Å². The van der Waals surface area contributed by atoms with Gasteiger partial charge in [0.05, 0.1) is 25.3 Å². The molecule has 1 rings (SSSR count). The highest BCUT2D eigenvalue weighted by molar-refractivity contribution is 5.96. The van der Waals surface area contributed by atoms with Crippen molar-refractivity contribution >= 4 is 17.9 Å². The maximum absolute atomic E-state index is 11.5. The van der Waals surface area contributed by atoms with Crippen LogP contribution in [-0.2, 0) is 14.3 Å². The quantitative estimate of drug-likeness (QED) is 0.474. The molecule has 0 aromatic heterocycles. The van der Waals surface area contributed by atoms with Crippen molar-refractivity contribution in [2.75, 3.05) is 14.2 Å². The lowest BCUT2D eigenvalue weighted by atomic mass is 10.1. The van der Waals surface area contributed by atoms with E-state index in [1.54, 1.807) is 0 Å². The first kappa shape index (κ1) is 15.4. The molecular formula is C14H14O6. The molecule has 0 aliphatic heterocycles. The lowest BCUT2D eigenvalue weighted by Gasteiger charge is -2.08. The van der Waals surface area contributed by atoms with E-state index in [2.05, 4.69) is 16.1 Å². The Labute approximate surface area is 115 Å². The Hall–Kier alpha value is -2.63. The zero-order chi connectivity index (χ0) is 15.3. The molecule has 106 valence electrons. The van der Waals surface area contributed by atoms with Gasteiger partial charge in [0, 0.05) is 5.57 Å². The third-order valence-corrected chi connectivity index (χ3v) is 2.31. The molecule has 0 atom stereocenters. The fourth-order valence-electron chi connectivity index (χ4n) is 1.32. The summed E-state index contributed by atoms with van der Waals surface area (Å²) in [5.41, 5.74) is 0.327. The van der Waals surface area contributed by atoms with Crippen LogP contribution >= 0.6 is 0 Å². The Kier molecular flexibility index (Phi) is 5.02. The third kappa shape index (κ3) is 3.68. The van der Waals surface area contributed by atoms with Gasteiger partial charge < -0.3 is 14.2 Å². The third-order valence-electron chi connectivity index (χ3n) is 2.31. The van der Waals surface area contributed by atoms with Gasteiger partial charge in [-0.15, -0.1) is 0 Å². The fraction of sp³-hybridized carbons (Fsp3) is 0.214. The van der Waals surface area contributed by atoms with Crippen molar-refractivity contribution in [3.8, 4) is 5.75 Å². The monoisotopic (exact) mass is 278 g/mol. The molecule has 0 bridgehead atoms. The van der Waals surface area contributed by atoms with E-state index in [1.807, 2.05) is 0 Å². The molecule has 0 amide bonds. The summed E-state index contributed by atoms with van der Waals surface area (Å²) < 4.78 is 14.1. The highest BCUT2D eigenvalue weighted by atomic mass is 16.5. The largest absolute Gasteiger partial charge is 0.465 e. The summed E-state index contributed by atoms with van der Waals surface area (Å²) in [6.45, 7) is 4.92. The van der Waals surface area contributed by atoms with Crippen molar-refractivity contribution in [3.05, 3.63) is 41.5 Å². The van der Waals surface area contributed by atoms with E-state index >= 15 is 0 Å². The molecule has 6 heteroatoms. The first-order chi connectivity index (χ1) is 9.38. The number of hydrogen-bond donors (Lipinski definition) is 0. The highest BCUT2D eigenvalue weighted by Gasteiger charge is 2.16. The second-order valence-corrected chi connectivity index (χ2v) is 3.90. The number of carbonyl (C=O) groups is 3. The zero-order valence-electron chi connectivity index (χ0n) is 11.4. The lowest BCUT2D eigenvalue weighted by Crippen LogP contribution is -2.11. The van der Waals surface area contributed by atoms with Gasteiger partial charge in [0.25, 0.3) is 0 Å². The van der Waals surface area contributed by atoms with Crippen LogP contribution in [-0.4, -0.2) is 32.1 Å². The number of rotatable bonds is 4. The number of ether oxygens (including phenoxy) is 3. The first-order valence-corrected chi connectivity index (χ1v) is 5.58. The van der Waals surface area contributed by atoms with E-state index in [1.165, 1.54) is 39.3 Å². The normalized spacial score (nSPS) is 9.55. The average Bonchev–Trinajstić information content (AvgIpc) is 2.44. The molecular weight excluding hydrogens is 264 g/mol. The van der Waals surface area contributed by atoms with Crippen LogP contribution in [0.25, 0.3) is 0 Å². The maximum Gasteiger partial charge on any atom is 0.338 e. The minimum absolute atomic E-state index is 0.0290.